The number of para-hydroxylation sites is 3. The van der Waals surface area contributed by atoms with Crippen LogP contribution in [0.5, 0.6) is 5.75 Å². The largest absolute Gasteiger partial charge is 0.507 e. The van der Waals surface area contributed by atoms with E-state index in [4.69, 9.17) is 16.6 Å². The van der Waals surface area contributed by atoms with E-state index in [9.17, 15) is 9.90 Å². The molecule has 1 heterocycles. The molecule has 0 radical (unpaired) electrons. The molecule has 0 saturated carbocycles. The molecule has 4 aromatic rings. The average Bonchev–Trinajstić information content (AvgIpc) is 3.15. The second-order valence-corrected chi connectivity index (χ2v) is 8.51. The number of aromatic hydroxyl groups is 1. The number of halogens is 1. The number of phenols is 1. The Hall–Kier alpha value is -3.29. The van der Waals surface area contributed by atoms with Crippen molar-refractivity contribution >= 4 is 46.0 Å². The Kier molecular flexibility index (Phi) is 6.78. The van der Waals surface area contributed by atoms with E-state index in [2.05, 4.69) is 15.1 Å². The zero-order chi connectivity index (χ0) is 22.5. The molecule has 0 fully saturated rings. The maximum Gasteiger partial charge on any atom is 0.250 e. The van der Waals surface area contributed by atoms with Crippen LogP contribution in [0.3, 0.4) is 0 Å². The first-order valence-corrected chi connectivity index (χ1v) is 11.3. The summed E-state index contributed by atoms with van der Waals surface area (Å²) in [7, 11) is 0. The lowest BCUT2D eigenvalue weighted by Crippen LogP contribution is -2.21. The highest BCUT2D eigenvalue weighted by Gasteiger charge is 2.13. The summed E-state index contributed by atoms with van der Waals surface area (Å²) in [5.74, 6) is 0.0183. The summed E-state index contributed by atoms with van der Waals surface area (Å²) in [5, 5.41) is 15.5. The molecular weight excluding hydrogens is 444 g/mol. The minimum atomic E-state index is -0.255. The highest BCUT2D eigenvalue weighted by molar-refractivity contribution is 7.99. The van der Waals surface area contributed by atoms with Gasteiger partial charge >= 0.3 is 0 Å². The van der Waals surface area contributed by atoms with Crippen LogP contribution in [-0.4, -0.2) is 32.0 Å². The standard InChI is InChI=1S/C24H21ClN4O2S/c1-16(19-6-2-5-9-22(19)30)27-28-23(31)15-32-24-26-20-7-3-4-8-21(20)29(24)14-17-10-12-18(25)13-11-17/h2-13,30H,14-15H2,1H3,(H,28,31). The van der Waals surface area contributed by atoms with Crippen molar-refractivity contribution in [2.75, 3.05) is 5.75 Å². The fourth-order valence-corrected chi connectivity index (χ4v) is 4.17. The minimum Gasteiger partial charge on any atom is -0.507 e. The van der Waals surface area contributed by atoms with Crippen molar-refractivity contribution in [3.8, 4) is 5.75 Å². The smallest absolute Gasteiger partial charge is 0.250 e. The molecular formula is C24H21ClN4O2S. The summed E-state index contributed by atoms with van der Waals surface area (Å²) < 4.78 is 2.09. The number of carbonyl (C=O) groups is 1. The zero-order valence-corrected chi connectivity index (χ0v) is 18.9. The Morgan fingerprint density at radius 2 is 1.81 bits per heavy atom. The highest BCUT2D eigenvalue weighted by atomic mass is 35.5. The summed E-state index contributed by atoms with van der Waals surface area (Å²) in [5.41, 5.74) is 6.61. The average molecular weight is 465 g/mol. The van der Waals surface area contributed by atoms with E-state index in [0.29, 0.717) is 22.8 Å². The SMILES string of the molecule is CC(=NNC(=O)CSc1nc2ccccc2n1Cc1ccc(Cl)cc1)c1ccccc1O. The number of benzene rings is 3. The van der Waals surface area contributed by atoms with Crippen molar-refractivity contribution in [1.29, 1.82) is 0 Å². The number of thioether (sulfide) groups is 1. The fraction of sp³-hybridized carbons (Fsp3) is 0.125. The van der Waals surface area contributed by atoms with Crippen LogP contribution in [0.1, 0.15) is 18.1 Å². The van der Waals surface area contributed by atoms with Gasteiger partial charge in [-0.05, 0) is 48.9 Å². The van der Waals surface area contributed by atoms with E-state index in [1.165, 1.54) is 11.8 Å². The molecule has 2 N–H and O–H groups in total. The molecule has 4 rings (SSSR count). The molecule has 162 valence electrons. The molecule has 0 bridgehead atoms. The zero-order valence-electron chi connectivity index (χ0n) is 17.3. The van der Waals surface area contributed by atoms with E-state index < -0.39 is 0 Å². The predicted molar refractivity (Wildman–Crippen MR) is 129 cm³/mol. The maximum atomic E-state index is 12.4. The molecule has 32 heavy (non-hydrogen) atoms. The monoisotopic (exact) mass is 464 g/mol. The second kappa shape index (κ2) is 9.89. The van der Waals surface area contributed by atoms with E-state index in [1.807, 2.05) is 48.5 Å². The van der Waals surface area contributed by atoms with Crippen LogP contribution >= 0.6 is 23.4 Å². The van der Waals surface area contributed by atoms with Gasteiger partial charge in [-0.15, -0.1) is 0 Å². The molecule has 0 aliphatic rings. The molecule has 0 saturated heterocycles. The third-order valence-corrected chi connectivity index (χ3v) is 6.08. The molecule has 0 unspecified atom stereocenters. The Bertz CT molecular complexity index is 1280. The van der Waals surface area contributed by atoms with Crippen LogP contribution in [0.4, 0.5) is 0 Å². The molecule has 0 atom stereocenters. The number of hydrogen-bond donors (Lipinski definition) is 2. The van der Waals surface area contributed by atoms with Crippen LogP contribution in [0.2, 0.25) is 5.02 Å². The third-order valence-electron chi connectivity index (χ3n) is 4.85. The highest BCUT2D eigenvalue weighted by Crippen LogP contribution is 2.25. The fourth-order valence-electron chi connectivity index (χ4n) is 3.24. The third kappa shape index (κ3) is 5.12. The van der Waals surface area contributed by atoms with Gasteiger partial charge in [-0.3, -0.25) is 4.79 Å². The number of fused-ring (bicyclic) bond motifs is 1. The quantitative estimate of drug-likeness (QED) is 0.227. The number of aromatic nitrogens is 2. The maximum absolute atomic E-state index is 12.4. The summed E-state index contributed by atoms with van der Waals surface area (Å²) in [4.78, 5) is 17.1. The molecule has 3 aromatic carbocycles. The van der Waals surface area contributed by atoms with Gasteiger partial charge in [0.05, 0.1) is 29.0 Å². The summed E-state index contributed by atoms with van der Waals surface area (Å²) in [6.45, 7) is 2.35. The lowest BCUT2D eigenvalue weighted by atomic mass is 10.1. The van der Waals surface area contributed by atoms with Gasteiger partial charge in [-0.1, -0.05) is 59.8 Å². The first kappa shape index (κ1) is 21.9. The van der Waals surface area contributed by atoms with Gasteiger partial charge in [0.2, 0.25) is 0 Å². The number of rotatable bonds is 7. The molecule has 0 spiro atoms. The van der Waals surface area contributed by atoms with Crippen LogP contribution in [0.25, 0.3) is 11.0 Å². The van der Waals surface area contributed by atoms with Crippen LogP contribution in [0.15, 0.2) is 83.1 Å². The molecule has 1 aromatic heterocycles. The van der Waals surface area contributed by atoms with E-state index in [0.717, 1.165) is 21.8 Å². The Morgan fingerprint density at radius 3 is 2.59 bits per heavy atom. The summed E-state index contributed by atoms with van der Waals surface area (Å²) in [6, 6.07) is 22.4. The van der Waals surface area contributed by atoms with E-state index in [1.54, 1.807) is 31.2 Å². The molecule has 6 nitrogen and oxygen atoms in total. The van der Waals surface area contributed by atoms with Gasteiger partial charge in [-0.2, -0.15) is 5.10 Å². The van der Waals surface area contributed by atoms with Crippen molar-refractivity contribution in [1.82, 2.24) is 15.0 Å². The lowest BCUT2D eigenvalue weighted by molar-refractivity contribution is -0.118. The molecule has 1 amide bonds. The first-order valence-electron chi connectivity index (χ1n) is 9.95. The number of phenolic OH excluding ortho intramolecular Hbond substituents is 1. The normalized spacial score (nSPS) is 11.6. The van der Waals surface area contributed by atoms with Crippen LogP contribution in [-0.2, 0) is 11.3 Å². The predicted octanol–water partition coefficient (Wildman–Crippen LogP) is 5.08. The number of imidazole rings is 1. The Labute approximate surface area is 194 Å². The van der Waals surface area contributed by atoms with Crippen molar-refractivity contribution in [3.05, 3.63) is 88.9 Å². The van der Waals surface area contributed by atoms with Crippen molar-refractivity contribution in [2.24, 2.45) is 5.10 Å². The van der Waals surface area contributed by atoms with Crippen molar-refractivity contribution in [2.45, 2.75) is 18.6 Å². The van der Waals surface area contributed by atoms with Crippen LogP contribution < -0.4 is 5.43 Å². The Morgan fingerprint density at radius 1 is 1.09 bits per heavy atom. The Balaban J connectivity index is 1.48. The van der Waals surface area contributed by atoms with Gasteiger partial charge in [0.25, 0.3) is 5.91 Å². The van der Waals surface area contributed by atoms with Gasteiger partial charge in [0.15, 0.2) is 5.16 Å². The van der Waals surface area contributed by atoms with Crippen LogP contribution in [0, 0.1) is 0 Å². The molecule has 8 heteroatoms. The van der Waals surface area contributed by atoms with Gasteiger partial charge < -0.3 is 9.67 Å². The molecule has 0 aliphatic heterocycles. The summed E-state index contributed by atoms with van der Waals surface area (Å²) in [6.07, 6.45) is 0. The van der Waals surface area contributed by atoms with Gasteiger partial charge in [-0.25, -0.2) is 10.4 Å². The topological polar surface area (TPSA) is 79.5 Å². The molecule has 0 aliphatic carbocycles. The van der Waals surface area contributed by atoms with Crippen molar-refractivity contribution in [3.63, 3.8) is 0 Å². The summed E-state index contributed by atoms with van der Waals surface area (Å²) >= 11 is 7.36. The number of hydrogen-bond acceptors (Lipinski definition) is 5. The number of nitrogens with one attached hydrogen (secondary N) is 1. The first-order chi connectivity index (χ1) is 15.5. The van der Waals surface area contributed by atoms with Gasteiger partial charge in [0, 0.05) is 10.6 Å². The van der Waals surface area contributed by atoms with Gasteiger partial charge in [0.1, 0.15) is 5.75 Å². The number of carbonyl (C=O) groups excluding carboxylic acids is 1. The van der Waals surface area contributed by atoms with E-state index in [-0.39, 0.29) is 17.4 Å². The van der Waals surface area contributed by atoms with Crippen molar-refractivity contribution < 1.29 is 9.90 Å². The second-order valence-electron chi connectivity index (χ2n) is 7.13. The minimum absolute atomic E-state index is 0.119. The number of amides is 1. The lowest BCUT2D eigenvalue weighted by Gasteiger charge is -2.09. The number of nitrogens with zero attached hydrogens (tertiary/aromatic N) is 3. The number of hydrazone groups is 1. The van der Waals surface area contributed by atoms with E-state index >= 15 is 0 Å².